The van der Waals surface area contributed by atoms with E-state index < -0.39 is 0 Å². The zero-order valence-electron chi connectivity index (χ0n) is 13.7. The van der Waals surface area contributed by atoms with Crippen molar-refractivity contribution in [3.8, 4) is 5.75 Å². The monoisotopic (exact) mass is 312 g/mol. The zero-order chi connectivity index (χ0) is 16.7. The fraction of sp³-hybridized carbons (Fsp3) is 0.316. The summed E-state index contributed by atoms with van der Waals surface area (Å²) < 4.78 is 5.65. The first kappa shape index (κ1) is 17.0. The average Bonchev–Trinajstić information content (AvgIpc) is 2.58. The van der Waals surface area contributed by atoms with E-state index in [1.807, 2.05) is 42.5 Å². The van der Waals surface area contributed by atoms with Gasteiger partial charge in [-0.2, -0.15) is 0 Å². The molecule has 4 heteroatoms. The van der Waals surface area contributed by atoms with Crippen LogP contribution in [0.1, 0.15) is 35.8 Å². The lowest BCUT2D eigenvalue weighted by atomic mass is 10.1. The third kappa shape index (κ3) is 5.42. The number of carbonyl (C=O) groups is 1. The molecule has 0 aliphatic heterocycles. The van der Waals surface area contributed by atoms with Gasteiger partial charge in [0, 0.05) is 18.2 Å². The third-order valence-electron chi connectivity index (χ3n) is 3.39. The minimum absolute atomic E-state index is 0.147. The van der Waals surface area contributed by atoms with E-state index in [0.29, 0.717) is 30.4 Å². The first-order chi connectivity index (χ1) is 11.1. The van der Waals surface area contributed by atoms with E-state index in [1.54, 1.807) is 12.1 Å². The molecule has 2 aromatic rings. The van der Waals surface area contributed by atoms with Crippen LogP contribution in [0.3, 0.4) is 0 Å². The molecule has 122 valence electrons. The number of hydrogen-bond donors (Lipinski definition) is 2. The average molecular weight is 312 g/mol. The molecule has 4 nitrogen and oxygen atoms in total. The van der Waals surface area contributed by atoms with Gasteiger partial charge in [0.1, 0.15) is 5.75 Å². The lowest BCUT2D eigenvalue weighted by Gasteiger charge is -2.14. The molecule has 3 N–H and O–H groups in total. The SMILES string of the molecule is CC(C)COc1cccc(C(=O)NCC(N)c2ccccc2)c1. The van der Waals surface area contributed by atoms with E-state index in [1.165, 1.54) is 0 Å². The van der Waals surface area contributed by atoms with Gasteiger partial charge < -0.3 is 15.8 Å². The Morgan fingerprint density at radius 1 is 1.13 bits per heavy atom. The standard InChI is InChI=1S/C19H24N2O2/c1-14(2)13-23-17-10-6-9-16(11-17)19(22)21-12-18(20)15-7-4-3-5-8-15/h3-11,14,18H,12-13,20H2,1-2H3,(H,21,22). The van der Waals surface area contributed by atoms with Crippen molar-refractivity contribution in [3.05, 3.63) is 65.7 Å². The van der Waals surface area contributed by atoms with Crippen LogP contribution in [0, 0.1) is 5.92 Å². The van der Waals surface area contributed by atoms with Gasteiger partial charge >= 0.3 is 0 Å². The van der Waals surface area contributed by atoms with Gasteiger partial charge in [0.05, 0.1) is 6.61 Å². The second kappa shape index (κ2) is 8.34. The Morgan fingerprint density at radius 2 is 1.87 bits per heavy atom. The van der Waals surface area contributed by atoms with Gasteiger partial charge in [-0.1, -0.05) is 50.2 Å². The maximum absolute atomic E-state index is 12.2. The highest BCUT2D eigenvalue weighted by molar-refractivity contribution is 5.94. The van der Waals surface area contributed by atoms with E-state index in [-0.39, 0.29) is 11.9 Å². The van der Waals surface area contributed by atoms with Gasteiger partial charge in [-0.05, 0) is 29.7 Å². The number of ether oxygens (including phenoxy) is 1. The van der Waals surface area contributed by atoms with Crippen LogP contribution in [0.15, 0.2) is 54.6 Å². The molecule has 0 fully saturated rings. The molecular weight excluding hydrogens is 288 g/mol. The Hall–Kier alpha value is -2.33. The summed E-state index contributed by atoms with van der Waals surface area (Å²) in [6, 6.07) is 16.7. The van der Waals surface area contributed by atoms with Crippen molar-refractivity contribution < 1.29 is 9.53 Å². The van der Waals surface area contributed by atoms with Gasteiger partial charge in [-0.15, -0.1) is 0 Å². The maximum Gasteiger partial charge on any atom is 0.251 e. The Balaban J connectivity index is 1.91. The topological polar surface area (TPSA) is 64.3 Å². The Kier molecular flexibility index (Phi) is 6.18. The molecule has 1 unspecified atom stereocenters. The zero-order valence-corrected chi connectivity index (χ0v) is 13.7. The minimum atomic E-state index is -0.222. The minimum Gasteiger partial charge on any atom is -0.493 e. The molecule has 23 heavy (non-hydrogen) atoms. The van der Waals surface area contributed by atoms with Gasteiger partial charge in [0.15, 0.2) is 0 Å². The molecule has 0 spiro atoms. The van der Waals surface area contributed by atoms with Crippen LogP contribution in [-0.4, -0.2) is 19.1 Å². The maximum atomic E-state index is 12.2. The number of carbonyl (C=O) groups excluding carboxylic acids is 1. The number of rotatable bonds is 7. The molecular formula is C19H24N2O2. The van der Waals surface area contributed by atoms with Crippen molar-refractivity contribution in [2.24, 2.45) is 11.7 Å². The largest absolute Gasteiger partial charge is 0.493 e. The lowest BCUT2D eigenvalue weighted by Crippen LogP contribution is -2.31. The van der Waals surface area contributed by atoms with Crippen molar-refractivity contribution in [1.29, 1.82) is 0 Å². The number of nitrogens with two attached hydrogens (primary N) is 1. The van der Waals surface area contributed by atoms with Crippen LogP contribution in [0.2, 0.25) is 0 Å². The van der Waals surface area contributed by atoms with E-state index >= 15 is 0 Å². The Labute approximate surface area is 137 Å². The van der Waals surface area contributed by atoms with Crippen molar-refractivity contribution in [2.45, 2.75) is 19.9 Å². The molecule has 0 aliphatic rings. The van der Waals surface area contributed by atoms with E-state index in [9.17, 15) is 4.79 Å². The summed E-state index contributed by atoms with van der Waals surface area (Å²) in [6.45, 7) is 5.19. The predicted octanol–water partition coefficient (Wildman–Crippen LogP) is 3.15. The van der Waals surface area contributed by atoms with Crippen molar-refractivity contribution in [3.63, 3.8) is 0 Å². The van der Waals surface area contributed by atoms with Gasteiger partial charge in [-0.25, -0.2) is 0 Å². The summed E-state index contributed by atoms with van der Waals surface area (Å²) in [6.07, 6.45) is 0. The normalized spacial score (nSPS) is 12.0. The van der Waals surface area contributed by atoms with Crippen LogP contribution in [0.5, 0.6) is 5.75 Å². The molecule has 0 heterocycles. The first-order valence-electron chi connectivity index (χ1n) is 7.88. The number of benzene rings is 2. The summed E-state index contributed by atoms with van der Waals surface area (Å²) in [4.78, 5) is 12.2. The molecule has 0 aromatic heterocycles. The highest BCUT2D eigenvalue weighted by Gasteiger charge is 2.10. The smallest absolute Gasteiger partial charge is 0.251 e. The third-order valence-corrected chi connectivity index (χ3v) is 3.39. The summed E-state index contributed by atoms with van der Waals surface area (Å²) in [5, 5.41) is 2.87. The molecule has 2 rings (SSSR count). The molecule has 1 atom stereocenters. The molecule has 0 saturated carbocycles. The number of amides is 1. The van der Waals surface area contributed by atoms with E-state index in [4.69, 9.17) is 10.5 Å². The summed E-state index contributed by atoms with van der Waals surface area (Å²) in [7, 11) is 0. The Morgan fingerprint density at radius 3 is 2.57 bits per heavy atom. The fourth-order valence-corrected chi connectivity index (χ4v) is 2.11. The second-order valence-electron chi connectivity index (χ2n) is 5.96. The quantitative estimate of drug-likeness (QED) is 0.825. The van der Waals surface area contributed by atoms with Gasteiger partial charge in [0.25, 0.3) is 5.91 Å². The predicted molar refractivity (Wildman–Crippen MR) is 92.5 cm³/mol. The van der Waals surface area contributed by atoms with Crippen LogP contribution in [0.4, 0.5) is 0 Å². The highest BCUT2D eigenvalue weighted by Crippen LogP contribution is 2.15. The molecule has 0 bridgehead atoms. The number of hydrogen-bond acceptors (Lipinski definition) is 3. The fourth-order valence-electron chi connectivity index (χ4n) is 2.11. The van der Waals surface area contributed by atoms with Crippen molar-refractivity contribution in [2.75, 3.05) is 13.2 Å². The van der Waals surface area contributed by atoms with Crippen LogP contribution in [0.25, 0.3) is 0 Å². The van der Waals surface area contributed by atoms with E-state index in [2.05, 4.69) is 19.2 Å². The lowest BCUT2D eigenvalue weighted by molar-refractivity contribution is 0.0950. The van der Waals surface area contributed by atoms with E-state index in [0.717, 1.165) is 5.56 Å². The summed E-state index contributed by atoms with van der Waals surface area (Å²) >= 11 is 0. The molecule has 2 aromatic carbocycles. The number of nitrogens with one attached hydrogen (secondary N) is 1. The van der Waals surface area contributed by atoms with Crippen molar-refractivity contribution in [1.82, 2.24) is 5.32 Å². The molecule has 0 aliphatic carbocycles. The summed E-state index contributed by atoms with van der Waals surface area (Å²) in [5.74, 6) is 1.00. The van der Waals surface area contributed by atoms with Gasteiger partial charge in [0.2, 0.25) is 0 Å². The molecule has 1 amide bonds. The van der Waals surface area contributed by atoms with Crippen LogP contribution >= 0.6 is 0 Å². The molecule has 0 radical (unpaired) electrons. The molecule has 0 saturated heterocycles. The summed E-state index contributed by atoms with van der Waals surface area (Å²) in [5.41, 5.74) is 7.67. The van der Waals surface area contributed by atoms with Crippen molar-refractivity contribution >= 4 is 5.91 Å². The van der Waals surface area contributed by atoms with Gasteiger partial charge in [-0.3, -0.25) is 4.79 Å². The first-order valence-corrected chi connectivity index (χ1v) is 7.88. The second-order valence-corrected chi connectivity index (χ2v) is 5.96. The Bertz CT molecular complexity index is 626. The van der Waals surface area contributed by atoms with Crippen LogP contribution < -0.4 is 15.8 Å². The van der Waals surface area contributed by atoms with Crippen LogP contribution in [-0.2, 0) is 0 Å². The highest BCUT2D eigenvalue weighted by atomic mass is 16.5.